The molecule has 2 N–H and O–H groups in total. The lowest BCUT2D eigenvalue weighted by molar-refractivity contribution is -0.136. The van der Waals surface area contributed by atoms with Crippen molar-refractivity contribution in [1.29, 1.82) is 0 Å². The lowest BCUT2D eigenvalue weighted by Crippen LogP contribution is -2.52. The SMILES string of the molecule is O=C(CN1CCN(CC(=O)N2CCC(C(=O)Nc3ccccc3)CC2)CC1)NCc1ccccc1. The van der Waals surface area contributed by atoms with Crippen LogP contribution in [-0.4, -0.2) is 84.8 Å². The molecule has 35 heavy (non-hydrogen) atoms. The molecule has 3 amide bonds. The summed E-state index contributed by atoms with van der Waals surface area (Å²) in [5, 5.41) is 5.95. The van der Waals surface area contributed by atoms with Gasteiger partial charge in [0.2, 0.25) is 17.7 Å². The van der Waals surface area contributed by atoms with E-state index in [-0.39, 0.29) is 23.6 Å². The predicted molar refractivity (Wildman–Crippen MR) is 136 cm³/mol. The van der Waals surface area contributed by atoms with Gasteiger partial charge in [0.25, 0.3) is 0 Å². The van der Waals surface area contributed by atoms with Crippen LogP contribution < -0.4 is 10.6 Å². The molecular weight excluding hydrogens is 442 g/mol. The summed E-state index contributed by atoms with van der Waals surface area (Å²) in [7, 11) is 0. The third-order valence-electron chi connectivity index (χ3n) is 6.78. The highest BCUT2D eigenvalue weighted by Gasteiger charge is 2.29. The maximum Gasteiger partial charge on any atom is 0.236 e. The molecular formula is C27H35N5O3. The molecule has 0 radical (unpaired) electrons. The molecule has 0 atom stereocenters. The first-order valence-electron chi connectivity index (χ1n) is 12.5. The molecule has 2 aromatic rings. The second-order valence-electron chi connectivity index (χ2n) is 9.32. The smallest absolute Gasteiger partial charge is 0.236 e. The summed E-state index contributed by atoms with van der Waals surface area (Å²) in [5.41, 5.74) is 1.90. The van der Waals surface area contributed by atoms with Gasteiger partial charge in [0.05, 0.1) is 13.1 Å². The molecule has 2 saturated heterocycles. The van der Waals surface area contributed by atoms with E-state index in [0.29, 0.717) is 45.6 Å². The molecule has 0 aliphatic carbocycles. The lowest BCUT2D eigenvalue weighted by atomic mass is 9.95. The molecule has 8 nitrogen and oxygen atoms in total. The van der Waals surface area contributed by atoms with Gasteiger partial charge < -0.3 is 15.5 Å². The Hall–Kier alpha value is -3.23. The van der Waals surface area contributed by atoms with Crippen LogP contribution in [0.2, 0.25) is 0 Å². The summed E-state index contributed by atoms with van der Waals surface area (Å²) in [6.45, 7) is 5.64. The van der Waals surface area contributed by atoms with Crippen molar-refractivity contribution in [3.05, 3.63) is 66.2 Å². The molecule has 2 aromatic carbocycles. The molecule has 0 bridgehead atoms. The Kier molecular flexibility index (Phi) is 8.86. The molecule has 4 rings (SSSR count). The number of likely N-dealkylation sites (tertiary alicyclic amines) is 1. The van der Waals surface area contributed by atoms with Gasteiger partial charge in [-0.1, -0.05) is 48.5 Å². The number of para-hydroxylation sites is 1. The first-order chi connectivity index (χ1) is 17.1. The number of anilines is 1. The summed E-state index contributed by atoms with van der Waals surface area (Å²) < 4.78 is 0. The van der Waals surface area contributed by atoms with Crippen LogP contribution in [0.15, 0.2) is 60.7 Å². The number of rotatable bonds is 8. The number of nitrogens with one attached hydrogen (secondary N) is 2. The Morgan fingerprint density at radius 2 is 1.31 bits per heavy atom. The molecule has 2 fully saturated rings. The van der Waals surface area contributed by atoms with Crippen molar-refractivity contribution in [3.8, 4) is 0 Å². The van der Waals surface area contributed by atoms with Crippen molar-refractivity contribution in [3.63, 3.8) is 0 Å². The van der Waals surface area contributed by atoms with Gasteiger partial charge in [0.15, 0.2) is 0 Å². The van der Waals surface area contributed by atoms with Crippen LogP contribution >= 0.6 is 0 Å². The third-order valence-corrected chi connectivity index (χ3v) is 6.78. The standard InChI is InChI=1S/C27H35N5O3/c33-25(28-19-22-7-3-1-4-8-22)20-30-15-17-31(18-16-30)21-26(34)32-13-11-23(12-14-32)27(35)29-24-9-5-2-6-10-24/h1-10,23H,11-21H2,(H,28,33)(H,29,35). The van der Waals surface area contributed by atoms with Crippen molar-refractivity contribution < 1.29 is 14.4 Å². The zero-order valence-corrected chi connectivity index (χ0v) is 20.2. The summed E-state index contributed by atoms with van der Waals surface area (Å²) in [6.07, 6.45) is 1.38. The number of piperazine rings is 1. The van der Waals surface area contributed by atoms with E-state index >= 15 is 0 Å². The second-order valence-corrected chi connectivity index (χ2v) is 9.32. The van der Waals surface area contributed by atoms with E-state index in [1.54, 1.807) is 0 Å². The van der Waals surface area contributed by atoms with Crippen molar-refractivity contribution in [1.82, 2.24) is 20.0 Å². The Bertz CT molecular complexity index is 969. The fourth-order valence-corrected chi connectivity index (χ4v) is 4.61. The minimum absolute atomic E-state index is 0.0255. The monoisotopic (exact) mass is 477 g/mol. The second kappa shape index (κ2) is 12.5. The fraction of sp³-hybridized carbons (Fsp3) is 0.444. The summed E-state index contributed by atoms with van der Waals surface area (Å²) in [5.74, 6) is 0.126. The van der Waals surface area contributed by atoms with Gasteiger partial charge in [-0.25, -0.2) is 0 Å². The van der Waals surface area contributed by atoms with Gasteiger partial charge in [-0.2, -0.15) is 0 Å². The topological polar surface area (TPSA) is 85.0 Å². The van der Waals surface area contributed by atoms with Crippen LogP contribution in [0.3, 0.4) is 0 Å². The number of benzene rings is 2. The van der Waals surface area contributed by atoms with Crippen LogP contribution in [0.1, 0.15) is 18.4 Å². The Morgan fingerprint density at radius 3 is 1.94 bits per heavy atom. The molecule has 8 heteroatoms. The number of amides is 3. The van der Waals surface area contributed by atoms with E-state index in [2.05, 4.69) is 20.4 Å². The average molecular weight is 478 g/mol. The Labute approximate surface area is 207 Å². The minimum Gasteiger partial charge on any atom is -0.351 e. The third kappa shape index (κ3) is 7.63. The molecule has 0 unspecified atom stereocenters. The molecule has 186 valence electrons. The first kappa shape index (κ1) is 24.9. The van der Waals surface area contributed by atoms with Gasteiger partial charge in [0.1, 0.15) is 0 Å². The molecule has 0 saturated carbocycles. The summed E-state index contributed by atoms with van der Waals surface area (Å²) in [6, 6.07) is 19.4. The number of carbonyl (C=O) groups is 3. The van der Waals surface area contributed by atoms with E-state index in [9.17, 15) is 14.4 Å². The number of carbonyl (C=O) groups excluding carboxylic acids is 3. The normalized spacial score (nSPS) is 17.7. The fourth-order valence-electron chi connectivity index (χ4n) is 4.61. The zero-order valence-electron chi connectivity index (χ0n) is 20.2. The van der Waals surface area contributed by atoms with Gasteiger partial charge in [0, 0.05) is 57.4 Å². The van der Waals surface area contributed by atoms with E-state index in [4.69, 9.17) is 0 Å². The van der Waals surface area contributed by atoms with Gasteiger partial charge in [-0.15, -0.1) is 0 Å². The molecule has 2 aliphatic rings. The van der Waals surface area contributed by atoms with E-state index in [1.165, 1.54) is 0 Å². The van der Waals surface area contributed by atoms with Crippen LogP contribution in [0.5, 0.6) is 0 Å². The molecule has 0 aromatic heterocycles. The van der Waals surface area contributed by atoms with Crippen molar-refractivity contribution in [2.24, 2.45) is 5.92 Å². The summed E-state index contributed by atoms with van der Waals surface area (Å²) in [4.78, 5) is 43.8. The quantitative estimate of drug-likeness (QED) is 0.606. The van der Waals surface area contributed by atoms with Crippen molar-refractivity contribution in [2.75, 3.05) is 57.7 Å². The largest absolute Gasteiger partial charge is 0.351 e. The van der Waals surface area contributed by atoms with E-state index in [1.807, 2.05) is 65.6 Å². The Balaban J connectivity index is 1.11. The highest BCUT2D eigenvalue weighted by atomic mass is 16.2. The zero-order chi connectivity index (χ0) is 24.5. The maximum absolute atomic E-state index is 12.8. The number of nitrogens with zero attached hydrogens (tertiary/aromatic N) is 3. The van der Waals surface area contributed by atoms with Gasteiger partial charge in [-0.3, -0.25) is 24.2 Å². The van der Waals surface area contributed by atoms with Crippen LogP contribution in [0.4, 0.5) is 5.69 Å². The van der Waals surface area contributed by atoms with Gasteiger partial charge >= 0.3 is 0 Å². The Morgan fingerprint density at radius 1 is 0.743 bits per heavy atom. The van der Waals surface area contributed by atoms with Gasteiger partial charge in [-0.05, 0) is 30.5 Å². The predicted octanol–water partition coefficient (Wildman–Crippen LogP) is 1.80. The van der Waals surface area contributed by atoms with Crippen molar-refractivity contribution >= 4 is 23.4 Å². The highest BCUT2D eigenvalue weighted by Crippen LogP contribution is 2.20. The number of hydrogen-bond acceptors (Lipinski definition) is 5. The van der Waals surface area contributed by atoms with E-state index in [0.717, 1.165) is 37.4 Å². The first-order valence-corrected chi connectivity index (χ1v) is 12.5. The van der Waals surface area contributed by atoms with Crippen LogP contribution in [-0.2, 0) is 20.9 Å². The number of hydrogen-bond donors (Lipinski definition) is 2. The van der Waals surface area contributed by atoms with Crippen LogP contribution in [0, 0.1) is 5.92 Å². The molecule has 2 aliphatic heterocycles. The lowest BCUT2D eigenvalue weighted by Gasteiger charge is -2.36. The average Bonchev–Trinajstić information content (AvgIpc) is 2.90. The minimum atomic E-state index is -0.0594. The summed E-state index contributed by atoms with van der Waals surface area (Å²) >= 11 is 0. The molecule has 2 heterocycles. The maximum atomic E-state index is 12.8. The highest BCUT2D eigenvalue weighted by molar-refractivity contribution is 5.92. The van der Waals surface area contributed by atoms with E-state index < -0.39 is 0 Å². The molecule has 0 spiro atoms. The van der Waals surface area contributed by atoms with Crippen molar-refractivity contribution in [2.45, 2.75) is 19.4 Å². The van der Waals surface area contributed by atoms with Crippen LogP contribution in [0.25, 0.3) is 0 Å². The number of piperidine rings is 1.